The molecule has 0 nitrogen and oxygen atoms in total. The largest absolute Gasteiger partial charge is 0.0801 e. The van der Waals surface area contributed by atoms with Crippen LogP contribution in [0.15, 0.2) is 59.3 Å². The fourth-order valence-electron chi connectivity index (χ4n) is 1.87. The maximum absolute atomic E-state index is 2.22. The Labute approximate surface area is 79.7 Å². The number of rotatable bonds is 2. The molecule has 0 fully saturated rings. The summed E-state index contributed by atoms with van der Waals surface area (Å²) < 4.78 is 0. The summed E-state index contributed by atoms with van der Waals surface area (Å²) in [6, 6.07) is 0. The van der Waals surface area contributed by atoms with Gasteiger partial charge in [0.05, 0.1) is 0 Å². The van der Waals surface area contributed by atoms with E-state index in [0.717, 1.165) is 12.8 Å². The molecule has 0 spiro atoms. The minimum absolute atomic E-state index is 1.09. The summed E-state index contributed by atoms with van der Waals surface area (Å²) in [5.41, 5.74) is 4.34. The molecule has 2 rings (SSSR count). The first-order valence-electron chi connectivity index (χ1n) is 4.80. The van der Waals surface area contributed by atoms with Crippen LogP contribution in [0.3, 0.4) is 0 Å². The van der Waals surface area contributed by atoms with Crippen LogP contribution >= 0.6 is 0 Å². The van der Waals surface area contributed by atoms with Gasteiger partial charge >= 0.3 is 0 Å². The lowest BCUT2D eigenvalue weighted by atomic mass is 9.96. The molecular formula is C13H14. The van der Waals surface area contributed by atoms with Gasteiger partial charge in [-0.3, -0.25) is 0 Å². The number of hydrogen-bond donors (Lipinski definition) is 0. The highest BCUT2D eigenvalue weighted by Crippen LogP contribution is 2.29. The third-order valence-corrected chi connectivity index (χ3v) is 2.52. The molecule has 0 amide bonds. The van der Waals surface area contributed by atoms with Crippen molar-refractivity contribution in [3.05, 3.63) is 59.3 Å². The molecule has 0 aromatic heterocycles. The third kappa shape index (κ3) is 1.57. The van der Waals surface area contributed by atoms with Gasteiger partial charge in [-0.1, -0.05) is 42.5 Å². The first kappa shape index (κ1) is 8.31. The highest BCUT2D eigenvalue weighted by atomic mass is 14.2. The SMILES string of the molecule is CC=C(C1=CC=CC1)C1=CC=CC1. The van der Waals surface area contributed by atoms with Crippen molar-refractivity contribution in [2.45, 2.75) is 19.8 Å². The standard InChI is InChI=1S/C13H14/c1-2-13(11-7-3-4-8-11)12-9-5-6-10-12/h2-7,9H,8,10H2,1H3. The van der Waals surface area contributed by atoms with Crippen molar-refractivity contribution >= 4 is 0 Å². The van der Waals surface area contributed by atoms with E-state index in [9.17, 15) is 0 Å². The fourth-order valence-corrected chi connectivity index (χ4v) is 1.87. The lowest BCUT2D eigenvalue weighted by molar-refractivity contribution is 1.18. The Kier molecular flexibility index (Phi) is 2.31. The summed E-state index contributed by atoms with van der Waals surface area (Å²) in [7, 11) is 0. The molecule has 0 N–H and O–H groups in total. The van der Waals surface area contributed by atoms with E-state index in [2.05, 4.69) is 49.5 Å². The molecule has 0 saturated carbocycles. The van der Waals surface area contributed by atoms with E-state index in [1.165, 1.54) is 16.7 Å². The van der Waals surface area contributed by atoms with Gasteiger partial charge in [0.15, 0.2) is 0 Å². The fraction of sp³-hybridized carbons (Fsp3) is 0.231. The van der Waals surface area contributed by atoms with Gasteiger partial charge in [0.2, 0.25) is 0 Å². The predicted molar refractivity (Wildman–Crippen MR) is 57.4 cm³/mol. The van der Waals surface area contributed by atoms with Gasteiger partial charge in [-0.25, -0.2) is 0 Å². The topological polar surface area (TPSA) is 0 Å². The second kappa shape index (κ2) is 3.61. The van der Waals surface area contributed by atoms with E-state index in [0.29, 0.717) is 0 Å². The molecule has 0 saturated heterocycles. The number of allylic oxidation sites excluding steroid dienone is 10. The van der Waals surface area contributed by atoms with Crippen molar-refractivity contribution in [1.29, 1.82) is 0 Å². The van der Waals surface area contributed by atoms with E-state index < -0.39 is 0 Å². The van der Waals surface area contributed by atoms with Crippen LogP contribution in [0.25, 0.3) is 0 Å². The zero-order valence-corrected chi connectivity index (χ0v) is 7.96. The minimum atomic E-state index is 1.09. The van der Waals surface area contributed by atoms with Crippen molar-refractivity contribution in [2.75, 3.05) is 0 Å². The summed E-state index contributed by atoms with van der Waals surface area (Å²) in [5, 5.41) is 0. The van der Waals surface area contributed by atoms with Crippen LogP contribution in [0.5, 0.6) is 0 Å². The molecule has 0 bridgehead atoms. The van der Waals surface area contributed by atoms with Gasteiger partial charge in [-0.05, 0) is 36.5 Å². The van der Waals surface area contributed by atoms with Crippen LogP contribution in [0, 0.1) is 0 Å². The molecule has 0 aromatic carbocycles. The summed E-state index contributed by atoms with van der Waals surface area (Å²) in [4.78, 5) is 0. The van der Waals surface area contributed by atoms with Gasteiger partial charge < -0.3 is 0 Å². The van der Waals surface area contributed by atoms with Crippen molar-refractivity contribution in [3.8, 4) is 0 Å². The third-order valence-electron chi connectivity index (χ3n) is 2.52. The van der Waals surface area contributed by atoms with E-state index in [1.54, 1.807) is 0 Å². The molecule has 0 aromatic rings. The Morgan fingerprint density at radius 3 is 1.92 bits per heavy atom. The van der Waals surface area contributed by atoms with Crippen molar-refractivity contribution in [3.63, 3.8) is 0 Å². The second-order valence-corrected chi connectivity index (χ2v) is 3.35. The van der Waals surface area contributed by atoms with Crippen molar-refractivity contribution in [1.82, 2.24) is 0 Å². The Balaban J connectivity index is 2.20. The molecule has 0 heteroatoms. The van der Waals surface area contributed by atoms with Gasteiger partial charge in [-0.15, -0.1) is 0 Å². The van der Waals surface area contributed by atoms with Crippen LogP contribution in [0.4, 0.5) is 0 Å². The smallest absolute Gasteiger partial charge is 0.00884 e. The van der Waals surface area contributed by atoms with Gasteiger partial charge in [0.25, 0.3) is 0 Å². The predicted octanol–water partition coefficient (Wildman–Crippen LogP) is 3.71. The first-order chi connectivity index (χ1) is 6.42. The summed E-state index contributed by atoms with van der Waals surface area (Å²) in [6.07, 6.45) is 17.5. The van der Waals surface area contributed by atoms with E-state index in [4.69, 9.17) is 0 Å². The average molecular weight is 170 g/mol. The monoisotopic (exact) mass is 170 g/mol. The molecule has 0 aliphatic heterocycles. The Morgan fingerprint density at radius 1 is 1.08 bits per heavy atom. The zero-order chi connectivity index (χ0) is 9.10. The second-order valence-electron chi connectivity index (χ2n) is 3.35. The van der Waals surface area contributed by atoms with Gasteiger partial charge in [0.1, 0.15) is 0 Å². The average Bonchev–Trinajstić information content (AvgIpc) is 2.76. The molecule has 0 unspecified atom stereocenters. The van der Waals surface area contributed by atoms with Gasteiger partial charge in [0, 0.05) is 0 Å². The van der Waals surface area contributed by atoms with Crippen molar-refractivity contribution in [2.24, 2.45) is 0 Å². The normalized spacial score (nSPS) is 18.8. The summed E-state index contributed by atoms with van der Waals surface area (Å²) >= 11 is 0. The summed E-state index contributed by atoms with van der Waals surface area (Å²) in [6.45, 7) is 2.12. The maximum atomic E-state index is 2.22. The van der Waals surface area contributed by atoms with Gasteiger partial charge in [-0.2, -0.15) is 0 Å². The molecule has 13 heavy (non-hydrogen) atoms. The van der Waals surface area contributed by atoms with Crippen LogP contribution < -0.4 is 0 Å². The highest BCUT2D eigenvalue weighted by molar-refractivity contribution is 5.53. The van der Waals surface area contributed by atoms with E-state index >= 15 is 0 Å². The molecular weight excluding hydrogens is 156 g/mol. The Bertz CT molecular complexity index is 314. The van der Waals surface area contributed by atoms with Crippen LogP contribution in [0.1, 0.15) is 19.8 Å². The van der Waals surface area contributed by atoms with Crippen LogP contribution in [-0.2, 0) is 0 Å². The number of hydrogen-bond acceptors (Lipinski definition) is 0. The zero-order valence-electron chi connectivity index (χ0n) is 7.96. The lowest BCUT2D eigenvalue weighted by Crippen LogP contribution is -1.90. The molecule has 66 valence electrons. The van der Waals surface area contributed by atoms with Crippen LogP contribution in [-0.4, -0.2) is 0 Å². The molecule has 2 aliphatic carbocycles. The first-order valence-corrected chi connectivity index (χ1v) is 4.80. The van der Waals surface area contributed by atoms with Crippen molar-refractivity contribution < 1.29 is 0 Å². The highest BCUT2D eigenvalue weighted by Gasteiger charge is 2.10. The Morgan fingerprint density at radius 2 is 1.62 bits per heavy atom. The van der Waals surface area contributed by atoms with Crippen LogP contribution in [0.2, 0.25) is 0 Å². The quantitative estimate of drug-likeness (QED) is 0.592. The summed E-state index contributed by atoms with van der Waals surface area (Å²) in [5.74, 6) is 0. The Hall–Kier alpha value is -1.30. The van der Waals surface area contributed by atoms with E-state index in [1.807, 2.05) is 0 Å². The lowest BCUT2D eigenvalue weighted by Gasteiger charge is -2.08. The minimum Gasteiger partial charge on any atom is -0.0801 e. The molecule has 0 radical (unpaired) electrons. The molecule has 0 atom stereocenters. The molecule has 2 aliphatic rings. The maximum Gasteiger partial charge on any atom is -0.00884 e. The van der Waals surface area contributed by atoms with E-state index in [-0.39, 0.29) is 0 Å². The molecule has 0 heterocycles.